The largest absolute Gasteiger partial charge is 0.388 e. The van der Waals surface area contributed by atoms with Gasteiger partial charge in [-0.15, -0.1) is 0 Å². The summed E-state index contributed by atoms with van der Waals surface area (Å²) in [6.45, 7) is 5.13. The van der Waals surface area contributed by atoms with Gasteiger partial charge in [-0.1, -0.05) is 0 Å². The maximum Gasteiger partial charge on any atom is 0.222 e. The number of nitrogens with one attached hydrogen (secondary N) is 1. The average molecular weight is 355 g/mol. The Balaban J connectivity index is 1.93. The lowest BCUT2D eigenvalue weighted by Gasteiger charge is -2.40. The van der Waals surface area contributed by atoms with Crippen molar-refractivity contribution in [3.63, 3.8) is 0 Å². The van der Waals surface area contributed by atoms with E-state index in [-0.39, 0.29) is 12.3 Å². The Bertz CT molecular complexity index is 796. The van der Waals surface area contributed by atoms with Crippen LogP contribution in [-0.4, -0.2) is 51.7 Å². The van der Waals surface area contributed by atoms with Gasteiger partial charge in [0, 0.05) is 49.4 Å². The molecular formula is C19H25N5O2. The molecular weight excluding hydrogens is 330 g/mol. The third kappa shape index (κ3) is 3.83. The fraction of sp³-hybridized carbons (Fsp3) is 0.474. The Labute approximate surface area is 153 Å². The molecule has 138 valence electrons. The first kappa shape index (κ1) is 18.3. The minimum Gasteiger partial charge on any atom is -0.388 e. The molecule has 0 bridgehead atoms. The molecule has 7 heteroatoms. The van der Waals surface area contributed by atoms with Gasteiger partial charge < -0.3 is 15.3 Å². The summed E-state index contributed by atoms with van der Waals surface area (Å²) in [6.07, 6.45) is 4.95. The van der Waals surface area contributed by atoms with Crippen LogP contribution in [0.2, 0.25) is 0 Å². The van der Waals surface area contributed by atoms with E-state index in [0.29, 0.717) is 18.8 Å². The predicted octanol–water partition coefficient (Wildman–Crippen LogP) is 1.62. The molecule has 3 heterocycles. The molecule has 0 aromatic carbocycles. The van der Waals surface area contributed by atoms with Crippen molar-refractivity contribution < 1.29 is 9.90 Å². The number of rotatable bonds is 4. The van der Waals surface area contributed by atoms with Crippen LogP contribution >= 0.6 is 0 Å². The maximum atomic E-state index is 11.8. The summed E-state index contributed by atoms with van der Waals surface area (Å²) in [5.74, 6) is 1.31. The fourth-order valence-electron chi connectivity index (χ4n) is 3.38. The lowest BCUT2D eigenvalue weighted by Crippen LogP contribution is -2.50. The first-order valence-corrected chi connectivity index (χ1v) is 8.85. The summed E-state index contributed by atoms with van der Waals surface area (Å²) < 4.78 is 0. The smallest absolute Gasteiger partial charge is 0.222 e. The van der Waals surface area contributed by atoms with Crippen LogP contribution in [0.1, 0.15) is 30.5 Å². The predicted molar refractivity (Wildman–Crippen MR) is 99.8 cm³/mol. The molecule has 26 heavy (non-hydrogen) atoms. The number of aliphatic hydroxyl groups is 1. The summed E-state index contributed by atoms with van der Waals surface area (Å²) >= 11 is 0. The summed E-state index contributed by atoms with van der Waals surface area (Å²) in [7, 11) is 1.59. The number of β-amino-alcohol motifs (C(OH)–C–C–N with tert-alkyl or cyclic N) is 1. The second-order valence-corrected chi connectivity index (χ2v) is 6.92. The van der Waals surface area contributed by atoms with E-state index in [0.717, 1.165) is 35.6 Å². The van der Waals surface area contributed by atoms with Crippen LogP contribution in [0.4, 0.5) is 5.82 Å². The molecule has 0 saturated carbocycles. The minimum absolute atomic E-state index is 0.0975. The molecule has 1 unspecified atom stereocenters. The molecule has 1 saturated heterocycles. The SMILES string of the molecule is CNC(=O)CC1(O)CCCN(c2nc(-c3ccncc3)nc(C)c2C)C1. The van der Waals surface area contributed by atoms with Crippen molar-refractivity contribution >= 4 is 11.7 Å². The van der Waals surface area contributed by atoms with E-state index in [9.17, 15) is 9.90 Å². The van der Waals surface area contributed by atoms with Gasteiger partial charge in [0.2, 0.25) is 5.91 Å². The van der Waals surface area contributed by atoms with Gasteiger partial charge in [0.1, 0.15) is 5.82 Å². The lowest BCUT2D eigenvalue weighted by molar-refractivity contribution is -0.125. The molecule has 2 aromatic heterocycles. The van der Waals surface area contributed by atoms with E-state index in [4.69, 9.17) is 4.98 Å². The van der Waals surface area contributed by atoms with E-state index in [1.54, 1.807) is 19.4 Å². The van der Waals surface area contributed by atoms with Gasteiger partial charge in [-0.3, -0.25) is 9.78 Å². The second-order valence-electron chi connectivity index (χ2n) is 6.92. The number of aromatic nitrogens is 3. The topological polar surface area (TPSA) is 91.2 Å². The maximum absolute atomic E-state index is 11.8. The number of carbonyl (C=O) groups excluding carboxylic acids is 1. The molecule has 3 rings (SSSR count). The van der Waals surface area contributed by atoms with E-state index in [1.165, 1.54) is 0 Å². The van der Waals surface area contributed by atoms with Crippen LogP contribution in [0.25, 0.3) is 11.4 Å². The first-order chi connectivity index (χ1) is 12.4. The number of hydrogen-bond donors (Lipinski definition) is 2. The second kappa shape index (κ2) is 7.37. The highest BCUT2D eigenvalue weighted by molar-refractivity contribution is 5.76. The van der Waals surface area contributed by atoms with E-state index in [1.807, 2.05) is 26.0 Å². The monoisotopic (exact) mass is 355 g/mol. The number of aryl methyl sites for hydroxylation is 1. The van der Waals surface area contributed by atoms with Crippen molar-refractivity contribution in [2.75, 3.05) is 25.0 Å². The van der Waals surface area contributed by atoms with Crippen molar-refractivity contribution in [2.45, 2.75) is 38.7 Å². The molecule has 1 atom stereocenters. The zero-order chi connectivity index (χ0) is 18.7. The van der Waals surface area contributed by atoms with Crippen molar-refractivity contribution in [1.82, 2.24) is 20.3 Å². The Morgan fingerprint density at radius 1 is 1.31 bits per heavy atom. The zero-order valence-corrected chi connectivity index (χ0v) is 15.5. The molecule has 7 nitrogen and oxygen atoms in total. The van der Waals surface area contributed by atoms with E-state index >= 15 is 0 Å². The van der Waals surface area contributed by atoms with Gasteiger partial charge >= 0.3 is 0 Å². The van der Waals surface area contributed by atoms with Gasteiger partial charge in [0.15, 0.2) is 5.82 Å². The molecule has 1 amide bonds. The highest BCUT2D eigenvalue weighted by Gasteiger charge is 2.36. The van der Waals surface area contributed by atoms with Gasteiger partial charge in [-0.2, -0.15) is 0 Å². The zero-order valence-electron chi connectivity index (χ0n) is 15.5. The number of pyridine rings is 1. The Morgan fingerprint density at radius 3 is 2.73 bits per heavy atom. The normalized spacial score (nSPS) is 20.1. The standard InChI is InChI=1S/C19H25N5O2/c1-13-14(2)22-17(15-5-8-21-9-6-15)23-18(13)24-10-4-7-19(26,12-24)11-16(25)20-3/h5-6,8-9,26H,4,7,10-12H2,1-3H3,(H,20,25). The van der Waals surface area contributed by atoms with Crippen molar-refractivity contribution in [3.8, 4) is 11.4 Å². The Morgan fingerprint density at radius 2 is 2.04 bits per heavy atom. The van der Waals surface area contributed by atoms with Crippen LogP contribution in [-0.2, 0) is 4.79 Å². The van der Waals surface area contributed by atoms with E-state index in [2.05, 4.69) is 20.2 Å². The molecule has 1 aliphatic heterocycles. The lowest BCUT2D eigenvalue weighted by atomic mass is 9.89. The third-order valence-electron chi connectivity index (χ3n) is 4.93. The van der Waals surface area contributed by atoms with Crippen molar-refractivity contribution in [1.29, 1.82) is 0 Å². The molecule has 1 fully saturated rings. The van der Waals surface area contributed by atoms with Crippen LogP contribution < -0.4 is 10.2 Å². The molecule has 2 aromatic rings. The summed E-state index contributed by atoms with van der Waals surface area (Å²) in [4.78, 5) is 27.3. The van der Waals surface area contributed by atoms with Crippen LogP contribution in [0.15, 0.2) is 24.5 Å². The molecule has 0 spiro atoms. The molecule has 2 N–H and O–H groups in total. The Kier molecular flexibility index (Phi) is 5.18. The van der Waals surface area contributed by atoms with Crippen molar-refractivity contribution in [3.05, 3.63) is 35.8 Å². The average Bonchev–Trinajstić information content (AvgIpc) is 2.64. The summed E-state index contributed by atoms with van der Waals surface area (Å²) in [5, 5.41) is 13.5. The number of piperidine rings is 1. The van der Waals surface area contributed by atoms with Gasteiger partial charge in [-0.05, 0) is 38.8 Å². The minimum atomic E-state index is -1.04. The van der Waals surface area contributed by atoms with Crippen LogP contribution in [0.5, 0.6) is 0 Å². The van der Waals surface area contributed by atoms with Gasteiger partial charge in [0.05, 0.1) is 12.0 Å². The Hall–Kier alpha value is -2.54. The number of carbonyl (C=O) groups is 1. The van der Waals surface area contributed by atoms with Gasteiger partial charge in [-0.25, -0.2) is 9.97 Å². The number of nitrogens with zero attached hydrogens (tertiary/aromatic N) is 4. The highest BCUT2D eigenvalue weighted by atomic mass is 16.3. The third-order valence-corrected chi connectivity index (χ3v) is 4.93. The van der Waals surface area contributed by atoms with Crippen LogP contribution in [0, 0.1) is 13.8 Å². The number of amides is 1. The number of hydrogen-bond acceptors (Lipinski definition) is 6. The summed E-state index contributed by atoms with van der Waals surface area (Å²) in [6, 6.07) is 3.76. The number of anilines is 1. The van der Waals surface area contributed by atoms with Crippen LogP contribution in [0.3, 0.4) is 0 Å². The quantitative estimate of drug-likeness (QED) is 0.866. The van der Waals surface area contributed by atoms with Gasteiger partial charge in [0.25, 0.3) is 0 Å². The van der Waals surface area contributed by atoms with Crippen molar-refractivity contribution in [2.24, 2.45) is 0 Å². The van der Waals surface area contributed by atoms with E-state index < -0.39 is 5.60 Å². The molecule has 0 aliphatic carbocycles. The highest BCUT2D eigenvalue weighted by Crippen LogP contribution is 2.31. The summed E-state index contributed by atoms with van der Waals surface area (Å²) in [5.41, 5.74) is 1.76. The molecule has 1 aliphatic rings. The first-order valence-electron chi connectivity index (χ1n) is 8.85. The fourth-order valence-corrected chi connectivity index (χ4v) is 3.38. The molecule has 0 radical (unpaired) electrons.